The van der Waals surface area contributed by atoms with Crippen LogP contribution in [0.25, 0.3) is 0 Å². The lowest BCUT2D eigenvalue weighted by Crippen LogP contribution is -2.71. The van der Waals surface area contributed by atoms with E-state index >= 15 is 4.39 Å². The molecule has 0 spiro atoms. The Balaban J connectivity index is 1.82. The minimum atomic E-state index is -1.84. The first-order chi connectivity index (χ1) is 12.0. The largest absolute Gasteiger partial charge is 0.843 e. The van der Waals surface area contributed by atoms with Crippen LogP contribution in [0.3, 0.4) is 0 Å². The van der Waals surface area contributed by atoms with Crippen molar-refractivity contribution in [3.05, 3.63) is 11.6 Å². The fraction of sp³-hybridized carbons (Fsp3) is 0.810. The lowest BCUT2D eigenvalue weighted by atomic mass is 9.44. The fourth-order valence-electron chi connectivity index (χ4n) is 7.14. The molecular formula is C21H28FO4-. The van der Waals surface area contributed by atoms with E-state index in [-0.39, 0.29) is 24.5 Å². The van der Waals surface area contributed by atoms with Crippen molar-refractivity contribution >= 4 is 11.6 Å². The summed E-state index contributed by atoms with van der Waals surface area (Å²) in [6.07, 6.45) is 2.93. The van der Waals surface area contributed by atoms with E-state index in [1.807, 2.05) is 6.92 Å². The molecule has 0 aliphatic heterocycles. The predicted octanol–water partition coefficient (Wildman–Crippen LogP) is 2.27. The molecule has 3 fully saturated rings. The maximum atomic E-state index is 16.7. The van der Waals surface area contributed by atoms with E-state index in [9.17, 15) is 19.8 Å². The number of halogens is 1. The summed E-state index contributed by atoms with van der Waals surface area (Å²) in [6, 6.07) is 0. The maximum Gasteiger partial charge on any atom is 0.155 e. The zero-order valence-electron chi connectivity index (χ0n) is 15.8. The van der Waals surface area contributed by atoms with Crippen molar-refractivity contribution in [2.45, 2.75) is 83.1 Å². The van der Waals surface area contributed by atoms with E-state index in [1.54, 1.807) is 13.0 Å². The smallest absolute Gasteiger partial charge is 0.155 e. The van der Waals surface area contributed by atoms with Crippen LogP contribution in [0.15, 0.2) is 11.6 Å². The third-order valence-electron chi connectivity index (χ3n) is 8.73. The van der Waals surface area contributed by atoms with Gasteiger partial charge in [-0.1, -0.05) is 25.8 Å². The molecule has 4 nitrogen and oxygen atoms in total. The molecule has 0 saturated heterocycles. The van der Waals surface area contributed by atoms with Crippen LogP contribution in [-0.2, 0) is 9.59 Å². The molecule has 5 heteroatoms. The molecule has 0 aromatic heterocycles. The number of Topliss-reactive ketones (excluding diaryl/α,β-unsaturated/α-hetero) is 1. The average molecular weight is 363 g/mol. The second kappa shape index (κ2) is 5.26. The summed E-state index contributed by atoms with van der Waals surface area (Å²) in [5.41, 5.74) is -4.55. The number of allylic oxidation sites excluding steroid dienone is 1. The van der Waals surface area contributed by atoms with Gasteiger partial charge in [0.2, 0.25) is 0 Å². The Morgan fingerprint density at radius 3 is 2.58 bits per heavy atom. The highest BCUT2D eigenvalue weighted by Gasteiger charge is 2.71. The first-order valence-corrected chi connectivity index (χ1v) is 9.83. The summed E-state index contributed by atoms with van der Waals surface area (Å²) >= 11 is 0. The van der Waals surface area contributed by atoms with Crippen molar-refractivity contribution in [3.8, 4) is 0 Å². The number of rotatable bonds is 1. The van der Waals surface area contributed by atoms with E-state index in [4.69, 9.17) is 0 Å². The zero-order valence-corrected chi connectivity index (χ0v) is 15.8. The van der Waals surface area contributed by atoms with Gasteiger partial charge in [-0.25, -0.2) is 4.39 Å². The SMILES string of the molecule is CC(=O)C1([O-])CCC2C3CCC4=CC(=O)CCC4(C)C3(F)C(O)CC21C. The summed E-state index contributed by atoms with van der Waals surface area (Å²) < 4.78 is 16.7. The molecular weight excluding hydrogens is 335 g/mol. The molecule has 0 amide bonds. The number of ketones is 2. The molecule has 0 bridgehead atoms. The first kappa shape index (κ1) is 18.3. The summed E-state index contributed by atoms with van der Waals surface area (Å²) in [5.74, 6) is -1.01. The van der Waals surface area contributed by atoms with Gasteiger partial charge in [0.15, 0.2) is 5.78 Å². The van der Waals surface area contributed by atoms with E-state index in [2.05, 4.69) is 0 Å². The van der Waals surface area contributed by atoms with Crippen LogP contribution in [-0.4, -0.2) is 34.0 Å². The number of fused-ring (bicyclic) bond motifs is 5. The maximum absolute atomic E-state index is 16.7. The Hall–Kier alpha value is -1.07. The molecule has 0 aromatic carbocycles. The highest BCUT2D eigenvalue weighted by atomic mass is 19.1. The van der Waals surface area contributed by atoms with Gasteiger partial charge in [-0.15, -0.1) is 0 Å². The minimum Gasteiger partial charge on any atom is -0.843 e. The summed E-state index contributed by atoms with van der Waals surface area (Å²) in [6.45, 7) is 4.97. The number of carbonyl (C=O) groups excluding carboxylic acids is 2. The summed E-state index contributed by atoms with van der Waals surface area (Å²) in [5, 5.41) is 24.4. The highest BCUT2D eigenvalue weighted by molar-refractivity contribution is 5.91. The Morgan fingerprint density at radius 2 is 1.92 bits per heavy atom. The number of carbonyl (C=O) groups is 2. The van der Waals surface area contributed by atoms with Crippen LogP contribution in [0, 0.1) is 22.7 Å². The van der Waals surface area contributed by atoms with Crippen molar-refractivity contribution < 1.29 is 24.2 Å². The molecule has 7 atom stereocenters. The lowest BCUT2D eigenvalue weighted by molar-refractivity contribution is -0.486. The number of hydrogen-bond acceptors (Lipinski definition) is 4. The van der Waals surface area contributed by atoms with Crippen molar-refractivity contribution in [3.63, 3.8) is 0 Å². The molecule has 7 unspecified atom stereocenters. The van der Waals surface area contributed by atoms with Crippen molar-refractivity contribution in [2.75, 3.05) is 0 Å². The number of hydrogen-bond donors (Lipinski definition) is 1. The molecule has 1 N–H and O–H groups in total. The Bertz CT molecular complexity index is 717. The van der Waals surface area contributed by atoms with Gasteiger partial charge in [0.1, 0.15) is 11.5 Å². The molecule has 144 valence electrons. The third-order valence-corrected chi connectivity index (χ3v) is 8.73. The molecule has 0 radical (unpaired) electrons. The number of aliphatic hydroxyl groups excluding tert-OH is 1. The fourth-order valence-corrected chi connectivity index (χ4v) is 7.14. The van der Waals surface area contributed by atoms with Crippen LogP contribution in [0.1, 0.15) is 65.7 Å². The van der Waals surface area contributed by atoms with Gasteiger partial charge in [-0.05, 0) is 62.0 Å². The monoisotopic (exact) mass is 363 g/mol. The Labute approximate surface area is 153 Å². The van der Waals surface area contributed by atoms with Crippen LogP contribution < -0.4 is 5.11 Å². The predicted molar refractivity (Wildman–Crippen MR) is 91.9 cm³/mol. The van der Waals surface area contributed by atoms with Gasteiger partial charge < -0.3 is 15.0 Å². The van der Waals surface area contributed by atoms with E-state index in [1.165, 1.54) is 6.92 Å². The number of aliphatic hydroxyl groups is 1. The van der Waals surface area contributed by atoms with Crippen LogP contribution in [0.4, 0.5) is 4.39 Å². The molecule has 0 heterocycles. The normalized spacial score (nSPS) is 53.4. The van der Waals surface area contributed by atoms with Gasteiger partial charge >= 0.3 is 0 Å². The quantitative estimate of drug-likeness (QED) is 0.775. The first-order valence-electron chi connectivity index (χ1n) is 9.83. The minimum absolute atomic E-state index is 0.0184. The third kappa shape index (κ3) is 1.86. The second-order valence-electron chi connectivity index (χ2n) is 9.55. The molecule has 26 heavy (non-hydrogen) atoms. The van der Waals surface area contributed by atoms with Crippen LogP contribution in [0.5, 0.6) is 0 Å². The van der Waals surface area contributed by atoms with Gasteiger partial charge in [0.25, 0.3) is 0 Å². The van der Waals surface area contributed by atoms with E-state index in [0.29, 0.717) is 32.1 Å². The molecule has 4 rings (SSSR count). The zero-order chi connectivity index (χ0) is 19.1. The van der Waals surface area contributed by atoms with Crippen molar-refractivity contribution in [2.24, 2.45) is 22.7 Å². The van der Waals surface area contributed by atoms with Gasteiger partial charge in [0.05, 0.1) is 6.10 Å². The van der Waals surface area contributed by atoms with Crippen LogP contribution in [0.2, 0.25) is 0 Å². The molecule has 4 aliphatic carbocycles. The standard InChI is InChI=1S/C21H28FO4/c1-12(23)20(26)9-7-15-16-5-4-13-10-14(24)6-8-18(13,2)21(16,22)17(25)11-19(15,20)3/h10,15-17,25H,4-9,11H2,1-3H3/q-1. The average Bonchev–Trinajstić information content (AvgIpc) is 2.83. The lowest BCUT2D eigenvalue weighted by Gasteiger charge is -2.65. The van der Waals surface area contributed by atoms with E-state index < -0.39 is 39.9 Å². The van der Waals surface area contributed by atoms with Crippen molar-refractivity contribution in [1.29, 1.82) is 0 Å². The summed E-state index contributed by atoms with van der Waals surface area (Å²) in [7, 11) is 0. The second-order valence-corrected chi connectivity index (χ2v) is 9.55. The number of alkyl halides is 1. The van der Waals surface area contributed by atoms with Gasteiger partial charge in [-0.2, -0.15) is 0 Å². The topological polar surface area (TPSA) is 77.4 Å². The van der Waals surface area contributed by atoms with Crippen LogP contribution >= 0.6 is 0 Å². The Kier molecular flexibility index (Phi) is 3.70. The molecule has 0 aromatic rings. The van der Waals surface area contributed by atoms with Gasteiger partial charge in [-0.3, -0.25) is 4.79 Å². The highest BCUT2D eigenvalue weighted by Crippen LogP contribution is 2.69. The molecule has 4 aliphatic rings. The molecule has 3 saturated carbocycles. The Morgan fingerprint density at radius 1 is 1.23 bits per heavy atom. The summed E-state index contributed by atoms with van der Waals surface area (Å²) in [4.78, 5) is 24.0. The van der Waals surface area contributed by atoms with E-state index in [0.717, 1.165) is 5.57 Å². The van der Waals surface area contributed by atoms with Gasteiger partial charge in [0, 0.05) is 17.8 Å². The van der Waals surface area contributed by atoms with Crippen molar-refractivity contribution in [1.82, 2.24) is 0 Å².